The number of nitrogens with zero attached hydrogens (tertiary/aromatic N) is 2. The molecule has 2 heterocycles. The lowest BCUT2D eigenvalue weighted by Crippen LogP contribution is -2.29. The van der Waals surface area contributed by atoms with E-state index in [1.54, 1.807) is 54.9 Å². The summed E-state index contributed by atoms with van der Waals surface area (Å²) in [5, 5.41) is 21.1. The Morgan fingerprint density at radius 2 is 1.68 bits per heavy atom. The Balaban J connectivity index is 1.47. The van der Waals surface area contributed by atoms with Crippen molar-refractivity contribution in [2.24, 2.45) is 0 Å². The lowest BCUT2D eigenvalue weighted by atomic mass is 9.95. The first-order valence-electron chi connectivity index (χ1n) is 12.2. The van der Waals surface area contributed by atoms with Gasteiger partial charge in [0.1, 0.15) is 23.9 Å². The van der Waals surface area contributed by atoms with Crippen LogP contribution in [-0.2, 0) is 22.7 Å². The zero-order valence-electron chi connectivity index (χ0n) is 20.7. The number of amides is 1. The number of pyridine rings is 1. The SMILES string of the molecule is Cc1cccc(COc2ccc(/C(O)=C3\C(=O)C(=O)N(Cc4cccnc4)[C@@H]3c3ccc(O)cc3)cc2)c1. The standard InChI is InChI=1S/C31H26N2O5/c1-20-4-2-5-21(16-20)19-38-26-13-9-24(10-14-26)29(35)27-28(23-7-11-25(34)12-8-23)33(31(37)30(27)36)18-22-6-3-15-32-17-22/h2-17,28,34-35H,18-19H2,1H3/b29-27+/t28-/m1/s1. The molecule has 1 aliphatic rings. The molecule has 0 unspecified atom stereocenters. The van der Waals surface area contributed by atoms with Crippen molar-refractivity contribution in [3.63, 3.8) is 0 Å². The molecule has 1 amide bonds. The van der Waals surface area contributed by atoms with Gasteiger partial charge in [0.15, 0.2) is 0 Å². The Bertz CT molecular complexity index is 1500. The summed E-state index contributed by atoms with van der Waals surface area (Å²) in [5.74, 6) is -1.11. The van der Waals surface area contributed by atoms with Crippen LogP contribution in [0.4, 0.5) is 0 Å². The number of Topliss-reactive ketones (excluding diaryl/α,β-unsaturated/α-hetero) is 1. The molecule has 1 fully saturated rings. The Morgan fingerprint density at radius 3 is 2.37 bits per heavy atom. The van der Waals surface area contributed by atoms with Gasteiger partial charge in [0, 0.05) is 24.5 Å². The quantitative estimate of drug-likeness (QED) is 0.201. The molecule has 1 aromatic heterocycles. The minimum Gasteiger partial charge on any atom is -0.508 e. The van der Waals surface area contributed by atoms with Gasteiger partial charge in [-0.2, -0.15) is 0 Å². The van der Waals surface area contributed by atoms with Gasteiger partial charge in [-0.1, -0.05) is 48.0 Å². The van der Waals surface area contributed by atoms with Gasteiger partial charge in [-0.25, -0.2) is 0 Å². The maximum absolute atomic E-state index is 13.2. The van der Waals surface area contributed by atoms with E-state index in [1.165, 1.54) is 17.0 Å². The average Bonchev–Trinajstić information content (AvgIpc) is 3.18. The molecular formula is C31H26N2O5. The largest absolute Gasteiger partial charge is 0.508 e. The van der Waals surface area contributed by atoms with E-state index in [9.17, 15) is 19.8 Å². The van der Waals surface area contributed by atoms with Crippen molar-refractivity contribution < 1.29 is 24.5 Å². The summed E-state index contributed by atoms with van der Waals surface area (Å²) < 4.78 is 5.87. The first kappa shape index (κ1) is 24.8. The molecule has 1 aliphatic heterocycles. The normalized spacial score (nSPS) is 16.6. The summed E-state index contributed by atoms with van der Waals surface area (Å²) >= 11 is 0. The van der Waals surface area contributed by atoms with Gasteiger partial charge < -0.3 is 19.8 Å². The second-order valence-corrected chi connectivity index (χ2v) is 9.18. The van der Waals surface area contributed by atoms with Crippen LogP contribution < -0.4 is 4.74 Å². The third-order valence-corrected chi connectivity index (χ3v) is 6.44. The van der Waals surface area contributed by atoms with Crippen molar-refractivity contribution in [1.82, 2.24) is 9.88 Å². The van der Waals surface area contributed by atoms with Crippen LogP contribution in [0.2, 0.25) is 0 Å². The molecule has 3 aromatic carbocycles. The smallest absolute Gasteiger partial charge is 0.295 e. The topological polar surface area (TPSA) is 100.0 Å². The lowest BCUT2D eigenvalue weighted by Gasteiger charge is -2.25. The lowest BCUT2D eigenvalue weighted by molar-refractivity contribution is -0.140. The van der Waals surface area contributed by atoms with Crippen LogP contribution in [0.15, 0.2) is 103 Å². The summed E-state index contributed by atoms with van der Waals surface area (Å²) in [5.41, 5.74) is 3.89. The van der Waals surface area contributed by atoms with Crippen LogP contribution in [0.5, 0.6) is 11.5 Å². The van der Waals surface area contributed by atoms with Crippen LogP contribution >= 0.6 is 0 Å². The monoisotopic (exact) mass is 506 g/mol. The third-order valence-electron chi connectivity index (χ3n) is 6.44. The van der Waals surface area contributed by atoms with E-state index in [-0.39, 0.29) is 23.6 Å². The number of ketones is 1. The number of hydrogen-bond donors (Lipinski definition) is 2. The molecule has 0 spiro atoms. The average molecular weight is 507 g/mol. The van der Waals surface area contributed by atoms with E-state index >= 15 is 0 Å². The van der Waals surface area contributed by atoms with Crippen molar-refractivity contribution in [1.29, 1.82) is 0 Å². The molecule has 0 radical (unpaired) electrons. The number of aromatic nitrogens is 1. The molecule has 2 N–H and O–H groups in total. The fourth-order valence-corrected chi connectivity index (χ4v) is 4.57. The van der Waals surface area contributed by atoms with E-state index in [0.29, 0.717) is 23.5 Å². The number of aliphatic hydroxyl groups excluding tert-OH is 1. The predicted molar refractivity (Wildman–Crippen MR) is 142 cm³/mol. The van der Waals surface area contributed by atoms with E-state index in [4.69, 9.17) is 4.74 Å². The number of aryl methyl sites for hydroxylation is 1. The van der Waals surface area contributed by atoms with Crippen LogP contribution in [0.3, 0.4) is 0 Å². The summed E-state index contributed by atoms with van der Waals surface area (Å²) in [4.78, 5) is 31.9. The number of rotatable bonds is 7. The number of hydrogen-bond acceptors (Lipinski definition) is 6. The number of carbonyl (C=O) groups excluding carboxylic acids is 2. The molecule has 7 nitrogen and oxygen atoms in total. The maximum atomic E-state index is 13.2. The highest BCUT2D eigenvalue weighted by Gasteiger charge is 2.46. The zero-order chi connectivity index (χ0) is 26.6. The first-order valence-corrected chi connectivity index (χ1v) is 12.2. The van der Waals surface area contributed by atoms with Gasteiger partial charge >= 0.3 is 0 Å². The van der Waals surface area contributed by atoms with Crippen molar-refractivity contribution in [3.05, 3.63) is 131 Å². The first-order chi connectivity index (χ1) is 18.4. The van der Waals surface area contributed by atoms with Gasteiger partial charge in [0.25, 0.3) is 11.7 Å². The van der Waals surface area contributed by atoms with Crippen LogP contribution in [-0.4, -0.2) is 31.8 Å². The van der Waals surface area contributed by atoms with Crippen molar-refractivity contribution in [2.75, 3.05) is 0 Å². The van der Waals surface area contributed by atoms with E-state index in [0.717, 1.165) is 16.7 Å². The number of benzene rings is 3. The van der Waals surface area contributed by atoms with Crippen molar-refractivity contribution in [3.8, 4) is 11.5 Å². The van der Waals surface area contributed by atoms with Crippen LogP contribution in [0.1, 0.15) is 33.9 Å². The van der Waals surface area contributed by atoms with E-state index < -0.39 is 17.7 Å². The molecule has 38 heavy (non-hydrogen) atoms. The number of phenols is 1. The fraction of sp³-hybridized carbons (Fsp3) is 0.129. The number of ether oxygens (including phenoxy) is 1. The van der Waals surface area contributed by atoms with Crippen molar-refractivity contribution in [2.45, 2.75) is 26.1 Å². The molecule has 190 valence electrons. The molecule has 0 aliphatic carbocycles. The number of carbonyl (C=O) groups is 2. The predicted octanol–water partition coefficient (Wildman–Crippen LogP) is 5.30. The maximum Gasteiger partial charge on any atom is 0.295 e. The third kappa shape index (κ3) is 5.13. The number of aliphatic hydroxyl groups is 1. The molecule has 1 saturated heterocycles. The second kappa shape index (κ2) is 10.6. The highest BCUT2D eigenvalue weighted by atomic mass is 16.5. The minimum atomic E-state index is -0.840. The molecule has 7 heteroatoms. The number of aromatic hydroxyl groups is 1. The zero-order valence-corrected chi connectivity index (χ0v) is 20.7. The minimum absolute atomic E-state index is 0.0157. The molecule has 1 atom stereocenters. The van der Waals surface area contributed by atoms with E-state index in [1.807, 2.05) is 37.3 Å². The van der Waals surface area contributed by atoms with Gasteiger partial charge in [-0.15, -0.1) is 0 Å². The van der Waals surface area contributed by atoms with Crippen molar-refractivity contribution >= 4 is 17.4 Å². The molecule has 0 bridgehead atoms. The highest BCUT2D eigenvalue weighted by molar-refractivity contribution is 6.46. The Labute approximate surface area is 220 Å². The van der Waals surface area contributed by atoms with Gasteiger partial charge in [0.2, 0.25) is 0 Å². The van der Waals surface area contributed by atoms with Gasteiger partial charge in [0.05, 0.1) is 11.6 Å². The second-order valence-electron chi connectivity index (χ2n) is 9.18. The highest BCUT2D eigenvalue weighted by Crippen LogP contribution is 2.40. The van der Waals surface area contributed by atoms with E-state index in [2.05, 4.69) is 4.98 Å². The Hall–Kier alpha value is -4.91. The summed E-state index contributed by atoms with van der Waals surface area (Å²) in [6.45, 7) is 2.55. The molecule has 4 aromatic rings. The Morgan fingerprint density at radius 1 is 0.947 bits per heavy atom. The molecular weight excluding hydrogens is 480 g/mol. The number of phenolic OH excluding ortho intramolecular Hbond substituents is 1. The summed E-state index contributed by atoms with van der Waals surface area (Å²) in [6, 6.07) is 23.7. The van der Waals surface area contributed by atoms with Gasteiger partial charge in [-0.3, -0.25) is 14.6 Å². The molecule has 5 rings (SSSR count). The fourth-order valence-electron chi connectivity index (χ4n) is 4.57. The number of likely N-dealkylation sites (tertiary alicyclic amines) is 1. The summed E-state index contributed by atoms with van der Waals surface area (Å²) in [7, 11) is 0. The Kier molecular flexibility index (Phi) is 6.91. The van der Waals surface area contributed by atoms with Crippen LogP contribution in [0.25, 0.3) is 5.76 Å². The molecule has 0 saturated carbocycles. The summed E-state index contributed by atoms with van der Waals surface area (Å²) in [6.07, 6.45) is 3.26. The van der Waals surface area contributed by atoms with Gasteiger partial charge in [-0.05, 0) is 66.1 Å². The van der Waals surface area contributed by atoms with Crippen LogP contribution in [0, 0.1) is 6.92 Å².